The molecule has 0 aromatic heterocycles. The van der Waals surface area contributed by atoms with Crippen LogP contribution in [0, 0.1) is 5.82 Å². The van der Waals surface area contributed by atoms with Crippen molar-refractivity contribution in [1.29, 1.82) is 0 Å². The van der Waals surface area contributed by atoms with Gasteiger partial charge in [-0.05, 0) is 36.6 Å². The average molecular weight is 194 g/mol. The van der Waals surface area contributed by atoms with Gasteiger partial charge < -0.3 is 9.47 Å². The maximum atomic E-state index is 12.9. The zero-order chi connectivity index (χ0) is 9.54. The van der Waals surface area contributed by atoms with Gasteiger partial charge in [0, 0.05) is 0 Å². The number of fused-ring (bicyclic) bond motifs is 1. The second kappa shape index (κ2) is 2.95. The van der Waals surface area contributed by atoms with Crippen molar-refractivity contribution in [2.75, 3.05) is 6.61 Å². The number of ether oxygens (including phenoxy) is 2. The Kier molecular flexibility index (Phi) is 1.74. The Morgan fingerprint density at radius 3 is 2.93 bits per heavy atom. The molecule has 0 radical (unpaired) electrons. The van der Waals surface area contributed by atoms with Crippen LogP contribution in [0.25, 0.3) is 0 Å². The third-order valence-corrected chi connectivity index (χ3v) is 2.77. The predicted molar refractivity (Wildman–Crippen MR) is 48.9 cm³/mol. The van der Waals surface area contributed by atoms with E-state index in [-0.39, 0.29) is 18.0 Å². The number of rotatable bonds is 1. The van der Waals surface area contributed by atoms with Crippen molar-refractivity contribution in [3.8, 4) is 5.75 Å². The molecule has 14 heavy (non-hydrogen) atoms. The largest absolute Gasteiger partial charge is 0.487 e. The summed E-state index contributed by atoms with van der Waals surface area (Å²) in [5.41, 5.74) is 0.974. The molecule has 2 aliphatic heterocycles. The lowest BCUT2D eigenvalue weighted by atomic mass is 10.0. The molecule has 2 atom stereocenters. The van der Waals surface area contributed by atoms with Crippen LogP contribution in [-0.4, -0.2) is 18.8 Å². The van der Waals surface area contributed by atoms with Crippen LogP contribution in [0.15, 0.2) is 18.2 Å². The van der Waals surface area contributed by atoms with Gasteiger partial charge in [-0.2, -0.15) is 0 Å². The summed E-state index contributed by atoms with van der Waals surface area (Å²) in [6.07, 6.45) is 2.26. The van der Waals surface area contributed by atoms with E-state index >= 15 is 0 Å². The fourth-order valence-corrected chi connectivity index (χ4v) is 1.91. The molecule has 1 aromatic rings. The second-order valence-corrected chi connectivity index (χ2v) is 3.82. The van der Waals surface area contributed by atoms with Crippen LogP contribution in [0.3, 0.4) is 0 Å². The predicted octanol–water partition coefficient (Wildman–Crippen LogP) is 1.92. The number of aryl methyl sites for hydroxylation is 1. The van der Waals surface area contributed by atoms with Gasteiger partial charge in [0.25, 0.3) is 0 Å². The monoisotopic (exact) mass is 194 g/mol. The Hall–Kier alpha value is -1.09. The second-order valence-electron chi connectivity index (χ2n) is 3.82. The molecule has 1 fully saturated rings. The standard InChI is InChI=1S/C11H11FO2/c12-8-2-4-9-7(5-8)1-3-10(14-9)11-6-13-11/h2,4-5,10-11H,1,3,6H2. The van der Waals surface area contributed by atoms with E-state index in [0.717, 1.165) is 30.8 Å². The third kappa shape index (κ3) is 1.38. The number of halogens is 1. The summed E-state index contributed by atoms with van der Waals surface area (Å²) in [7, 11) is 0. The summed E-state index contributed by atoms with van der Waals surface area (Å²) in [6, 6.07) is 4.70. The fraction of sp³-hybridized carbons (Fsp3) is 0.455. The average Bonchev–Trinajstić information content (AvgIpc) is 3.00. The topological polar surface area (TPSA) is 21.8 Å². The molecule has 1 saturated heterocycles. The van der Waals surface area contributed by atoms with Gasteiger partial charge in [0.15, 0.2) is 0 Å². The van der Waals surface area contributed by atoms with Gasteiger partial charge in [-0.15, -0.1) is 0 Å². The van der Waals surface area contributed by atoms with Crippen molar-refractivity contribution in [1.82, 2.24) is 0 Å². The number of benzene rings is 1. The summed E-state index contributed by atoms with van der Waals surface area (Å²) < 4.78 is 23.8. The van der Waals surface area contributed by atoms with Gasteiger partial charge >= 0.3 is 0 Å². The minimum atomic E-state index is -0.187. The van der Waals surface area contributed by atoms with Gasteiger partial charge in [-0.1, -0.05) is 0 Å². The van der Waals surface area contributed by atoms with Crippen LogP contribution in [0.2, 0.25) is 0 Å². The van der Waals surface area contributed by atoms with Gasteiger partial charge in [0.2, 0.25) is 0 Å². The molecule has 0 amide bonds. The highest BCUT2D eigenvalue weighted by molar-refractivity contribution is 5.36. The third-order valence-electron chi connectivity index (χ3n) is 2.77. The Morgan fingerprint density at radius 2 is 2.14 bits per heavy atom. The smallest absolute Gasteiger partial charge is 0.127 e. The van der Waals surface area contributed by atoms with Crippen LogP contribution in [0.4, 0.5) is 4.39 Å². The van der Waals surface area contributed by atoms with Crippen LogP contribution in [0.1, 0.15) is 12.0 Å². The molecule has 74 valence electrons. The molecule has 1 aromatic carbocycles. The minimum Gasteiger partial charge on any atom is -0.487 e. The molecule has 0 aliphatic carbocycles. The molecule has 0 N–H and O–H groups in total. The lowest BCUT2D eigenvalue weighted by Gasteiger charge is -2.24. The zero-order valence-electron chi connectivity index (χ0n) is 7.70. The summed E-state index contributed by atoms with van der Waals surface area (Å²) in [5, 5.41) is 0. The summed E-state index contributed by atoms with van der Waals surface area (Å²) in [4.78, 5) is 0. The van der Waals surface area contributed by atoms with E-state index in [1.807, 2.05) is 0 Å². The van der Waals surface area contributed by atoms with E-state index in [2.05, 4.69) is 0 Å². The van der Waals surface area contributed by atoms with Crippen molar-refractivity contribution in [2.45, 2.75) is 25.0 Å². The SMILES string of the molecule is Fc1ccc2c(c1)CCC(C1CO1)O2. The highest BCUT2D eigenvalue weighted by atomic mass is 19.1. The van der Waals surface area contributed by atoms with E-state index in [1.165, 1.54) is 6.07 Å². The molecular formula is C11H11FO2. The van der Waals surface area contributed by atoms with Crippen molar-refractivity contribution in [3.05, 3.63) is 29.6 Å². The fourth-order valence-electron chi connectivity index (χ4n) is 1.91. The first kappa shape index (κ1) is 8.24. The molecule has 0 saturated carbocycles. The van der Waals surface area contributed by atoms with Gasteiger partial charge in [-0.25, -0.2) is 4.39 Å². The first-order chi connectivity index (χ1) is 6.83. The van der Waals surface area contributed by atoms with E-state index in [9.17, 15) is 4.39 Å². The van der Waals surface area contributed by atoms with Crippen molar-refractivity contribution < 1.29 is 13.9 Å². The molecule has 2 nitrogen and oxygen atoms in total. The van der Waals surface area contributed by atoms with E-state index in [1.54, 1.807) is 12.1 Å². The zero-order valence-corrected chi connectivity index (χ0v) is 7.70. The quantitative estimate of drug-likeness (QED) is 0.637. The number of epoxide rings is 1. The molecule has 0 bridgehead atoms. The Morgan fingerprint density at radius 1 is 1.29 bits per heavy atom. The Bertz CT molecular complexity index is 360. The maximum Gasteiger partial charge on any atom is 0.127 e. The van der Waals surface area contributed by atoms with Gasteiger partial charge in [-0.3, -0.25) is 0 Å². The van der Waals surface area contributed by atoms with E-state index < -0.39 is 0 Å². The molecule has 2 unspecified atom stereocenters. The highest BCUT2D eigenvalue weighted by Gasteiger charge is 2.36. The number of hydrogen-bond acceptors (Lipinski definition) is 2. The van der Waals surface area contributed by atoms with Gasteiger partial charge in [0.1, 0.15) is 23.8 Å². The normalized spacial score (nSPS) is 29.2. The summed E-state index contributed by atoms with van der Waals surface area (Å²) in [6.45, 7) is 0.807. The summed E-state index contributed by atoms with van der Waals surface area (Å²) >= 11 is 0. The van der Waals surface area contributed by atoms with Crippen LogP contribution < -0.4 is 4.74 Å². The van der Waals surface area contributed by atoms with Gasteiger partial charge in [0.05, 0.1) is 6.61 Å². The lowest BCUT2D eigenvalue weighted by Crippen LogP contribution is -2.27. The molecular weight excluding hydrogens is 183 g/mol. The van der Waals surface area contributed by atoms with Crippen LogP contribution >= 0.6 is 0 Å². The van der Waals surface area contributed by atoms with Crippen molar-refractivity contribution >= 4 is 0 Å². The lowest BCUT2D eigenvalue weighted by molar-refractivity contribution is 0.136. The maximum absolute atomic E-state index is 12.9. The Balaban J connectivity index is 1.86. The van der Waals surface area contributed by atoms with E-state index in [4.69, 9.17) is 9.47 Å². The van der Waals surface area contributed by atoms with Crippen molar-refractivity contribution in [3.63, 3.8) is 0 Å². The van der Waals surface area contributed by atoms with Crippen LogP contribution in [0.5, 0.6) is 5.75 Å². The molecule has 3 heteroatoms. The first-order valence-electron chi connectivity index (χ1n) is 4.89. The molecule has 3 rings (SSSR count). The highest BCUT2D eigenvalue weighted by Crippen LogP contribution is 2.32. The molecule has 0 spiro atoms. The first-order valence-corrected chi connectivity index (χ1v) is 4.89. The Labute approximate surface area is 81.6 Å². The van der Waals surface area contributed by atoms with Crippen LogP contribution in [-0.2, 0) is 11.2 Å². The number of hydrogen-bond donors (Lipinski definition) is 0. The summed E-state index contributed by atoms with van der Waals surface area (Å²) in [5.74, 6) is 0.631. The minimum absolute atomic E-state index is 0.174. The van der Waals surface area contributed by atoms with E-state index in [0.29, 0.717) is 0 Å². The molecule has 2 heterocycles. The molecule has 2 aliphatic rings. The van der Waals surface area contributed by atoms with Crippen molar-refractivity contribution in [2.24, 2.45) is 0 Å².